The molecule has 4 rings (SSSR count). The number of hydrogen-bond donors (Lipinski definition) is 1. The Balaban J connectivity index is 1.42. The van der Waals surface area contributed by atoms with E-state index in [-0.39, 0.29) is 5.91 Å². The summed E-state index contributed by atoms with van der Waals surface area (Å²) < 4.78 is 35.6. The molecule has 0 bridgehead atoms. The molecule has 31 heavy (non-hydrogen) atoms. The highest BCUT2D eigenvalue weighted by molar-refractivity contribution is 5.94. The van der Waals surface area contributed by atoms with Crippen molar-refractivity contribution in [3.05, 3.63) is 24.3 Å². The van der Waals surface area contributed by atoms with Gasteiger partial charge in [0.1, 0.15) is 24.1 Å². The number of rotatable bonds is 7. The van der Waals surface area contributed by atoms with Crippen LogP contribution in [0.5, 0.6) is 5.75 Å². The van der Waals surface area contributed by atoms with Gasteiger partial charge in [0.05, 0.1) is 6.61 Å². The number of ether oxygens (including phenoxy) is 6. The standard InChI is InChI=1S/C23H33NO7/c1-6-7-8-13-26-15-11-9-14(10-12-15)24-20(25)18-16-17(29-22(2,3)28-16)19-21(27-18)31-23(4,5)30-19/h9-12,16-19,21H,6-8,13H2,1-5H3,(H,24,25)/t16-,17+,18-,19-,21-/m1/s1. The number of fused-ring (bicyclic) bond motifs is 3. The Kier molecular flexibility index (Phi) is 6.29. The van der Waals surface area contributed by atoms with E-state index in [0.717, 1.165) is 25.0 Å². The monoisotopic (exact) mass is 435 g/mol. The van der Waals surface area contributed by atoms with Gasteiger partial charge in [-0.3, -0.25) is 4.79 Å². The Bertz CT molecular complexity index is 779. The third-order valence-corrected chi connectivity index (χ3v) is 5.55. The van der Waals surface area contributed by atoms with Crippen LogP contribution >= 0.6 is 0 Å². The minimum absolute atomic E-state index is 0.320. The molecule has 8 nitrogen and oxygen atoms in total. The molecule has 3 heterocycles. The molecule has 8 heteroatoms. The van der Waals surface area contributed by atoms with Crippen molar-refractivity contribution < 1.29 is 33.2 Å². The number of unbranched alkanes of at least 4 members (excludes halogenated alkanes) is 2. The highest BCUT2D eigenvalue weighted by Crippen LogP contribution is 2.44. The zero-order chi connectivity index (χ0) is 22.2. The summed E-state index contributed by atoms with van der Waals surface area (Å²) in [7, 11) is 0. The largest absolute Gasteiger partial charge is 0.494 e. The number of hydrogen-bond acceptors (Lipinski definition) is 7. The Hall–Kier alpha value is -1.71. The molecule has 3 aliphatic rings. The van der Waals surface area contributed by atoms with E-state index in [1.165, 1.54) is 0 Å². The second-order valence-electron chi connectivity index (χ2n) is 9.16. The van der Waals surface area contributed by atoms with Crippen LogP contribution < -0.4 is 10.1 Å². The van der Waals surface area contributed by atoms with Crippen molar-refractivity contribution in [2.45, 2.75) is 96.2 Å². The van der Waals surface area contributed by atoms with Crippen LogP contribution in [0.3, 0.4) is 0 Å². The second-order valence-corrected chi connectivity index (χ2v) is 9.16. The van der Waals surface area contributed by atoms with E-state index in [2.05, 4.69) is 12.2 Å². The lowest BCUT2D eigenvalue weighted by Crippen LogP contribution is -2.58. The molecule has 1 N–H and O–H groups in total. The van der Waals surface area contributed by atoms with Crippen LogP contribution in [-0.4, -0.2) is 54.8 Å². The van der Waals surface area contributed by atoms with Crippen molar-refractivity contribution in [3.8, 4) is 5.75 Å². The lowest BCUT2D eigenvalue weighted by molar-refractivity contribution is -0.229. The molecule has 3 saturated heterocycles. The number of carbonyl (C=O) groups is 1. The van der Waals surface area contributed by atoms with Crippen molar-refractivity contribution in [2.75, 3.05) is 11.9 Å². The van der Waals surface area contributed by atoms with E-state index in [1.54, 1.807) is 0 Å². The third-order valence-electron chi connectivity index (χ3n) is 5.55. The van der Waals surface area contributed by atoms with Crippen LogP contribution in [0.4, 0.5) is 5.69 Å². The Morgan fingerprint density at radius 3 is 2.29 bits per heavy atom. The smallest absolute Gasteiger partial charge is 0.256 e. The maximum atomic E-state index is 13.1. The van der Waals surface area contributed by atoms with Crippen molar-refractivity contribution in [3.63, 3.8) is 0 Å². The molecule has 5 atom stereocenters. The van der Waals surface area contributed by atoms with Gasteiger partial charge in [-0.1, -0.05) is 19.8 Å². The summed E-state index contributed by atoms with van der Waals surface area (Å²) in [5, 5.41) is 2.90. The van der Waals surface area contributed by atoms with Crippen molar-refractivity contribution in [1.82, 2.24) is 0 Å². The zero-order valence-corrected chi connectivity index (χ0v) is 18.9. The van der Waals surface area contributed by atoms with Crippen LogP contribution in [0.25, 0.3) is 0 Å². The topological polar surface area (TPSA) is 84.5 Å². The first-order chi connectivity index (χ1) is 14.7. The molecular formula is C23H33NO7. The minimum Gasteiger partial charge on any atom is -0.494 e. The van der Waals surface area contributed by atoms with Gasteiger partial charge in [-0.15, -0.1) is 0 Å². The average Bonchev–Trinajstić information content (AvgIpc) is 3.19. The van der Waals surface area contributed by atoms with Crippen LogP contribution in [-0.2, 0) is 28.5 Å². The van der Waals surface area contributed by atoms with E-state index >= 15 is 0 Å². The molecular weight excluding hydrogens is 402 g/mol. The summed E-state index contributed by atoms with van der Waals surface area (Å²) in [5.74, 6) is -1.22. The van der Waals surface area contributed by atoms with Crippen LogP contribution in [0.15, 0.2) is 24.3 Å². The fourth-order valence-electron chi connectivity index (χ4n) is 4.21. The molecule has 0 saturated carbocycles. The first kappa shape index (κ1) is 22.5. The highest BCUT2D eigenvalue weighted by Gasteiger charge is 2.62. The Morgan fingerprint density at radius 1 is 0.935 bits per heavy atom. The van der Waals surface area contributed by atoms with Crippen LogP contribution in [0, 0.1) is 0 Å². The molecule has 3 aliphatic heterocycles. The SMILES string of the molecule is CCCCCOc1ccc(NC(=O)[C@@H]2O[C@@H]3OC(C)(C)O[C@@H]3[C@H]3OC(C)(C)O[C@H]32)cc1. The van der Waals surface area contributed by atoms with E-state index in [9.17, 15) is 4.79 Å². The van der Waals surface area contributed by atoms with Crippen LogP contribution in [0.2, 0.25) is 0 Å². The van der Waals surface area contributed by atoms with Gasteiger partial charge in [0, 0.05) is 5.69 Å². The van der Waals surface area contributed by atoms with Gasteiger partial charge in [-0.25, -0.2) is 0 Å². The predicted molar refractivity (Wildman–Crippen MR) is 113 cm³/mol. The molecule has 1 aromatic carbocycles. The van der Waals surface area contributed by atoms with E-state index in [4.69, 9.17) is 28.4 Å². The van der Waals surface area contributed by atoms with Gasteiger partial charge in [0.25, 0.3) is 5.91 Å². The van der Waals surface area contributed by atoms with Gasteiger partial charge < -0.3 is 33.7 Å². The highest BCUT2D eigenvalue weighted by atomic mass is 16.9. The van der Waals surface area contributed by atoms with Gasteiger partial charge in [0.15, 0.2) is 24.0 Å². The quantitative estimate of drug-likeness (QED) is 0.655. The summed E-state index contributed by atoms with van der Waals surface area (Å²) in [6.07, 6.45) is 0.198. The number of anilines is 1. The molecule has 0 aromatic heterocycles. The normalized spacial score (nSPS) is 32.9. The number of benzene rings is 1. The molecule has 1 aromatic rings. The summed E-state index contributed by atoms with van der Waals surface area (Å²) in [6, 6.07) is 7.31. The molecule has 0 spiro atoms. The third kappa shape index (κ3) is 5.04. The number of carbonyl (C=O) groups excluding carboxylic acids is 1. The number of amides is 1. The van der Waals surface area contributed by atoms with Crippen LogP contribution in [0.1, 0.15) is 53.9 Å². The molecule has 3 fully saturated rings. The summed E-state index contributed by atoms with van der Waals surface area (Å²) >= 11 is 0. The van der Waals surface area contributed by atoms with E-state index in [0.29, 0.717) is 12.3 Å². The van der Waals surface area contributed by atoms with Crippen molar-refractivity contribution in [2.24, 2.45) is 0 Å². The Labute approximate surface area is 183 Å². The summed E-state index contributed by atoms with van der Waals surface area (Å²) in [6.45, 7) is 10.1. The molecule has 0 unspecified atom stereocenters. The summed E-state index contributed by atoms with van der Waals surface area (Å²) in [4.78, 5) is 13.1. The summed E-state index contributed by atoms with van der Waals surface area (Å²) in [5.41, 5.74) is 0.648. The fraction of sp³-hybridized carbons (Fsp3) is 0.696. The van der Waals surface area contributed by atoms with Gasteiger partial charge in [-0.05, 0) is 58.4 Å². The molecule has 0 aliphatic carbocycles. The van der Waals surface area contributed by atoms with Crippen molar-refractivity contribution in [1.29, 1.82) is 0 Å². The lowest BCUT2D eigenvalue weighted by Gasteiger charge is -2.36. The zero-order valence-electron chi connectivity index (χ0n) is 18.9. The fourth-order valence-corrected chi connectivity index (χ4v) is 4.21. The molecule has 0 radical (unpaired) electrons. The van der Waals surface area contributed by atoms with E-state index in [1.807, 2.05) is 52.0 Å². The van der Waals surface area contributed by atoms with E-state index < -0.39 is 42.3 Å². The average molecular weight is 436 g/mol. The maximum absolute atomic E-state index is 13.1. The first-order valence-electron chi connectivity index (χ1n) is 11.1. The first-order valence-corrected chi connectivity index (χ1v) is 11.1. The maximum Gasteiger partial charge on any atom is 0.256 e. The van der Waals surface area contributed by atoms with Crippen molar-refractivity contribution >= 4 is 11.6 Å². The number of nitrogens with one attached hydrogen (secondary N) is 1. The van der Waals surface area contributed by atoms with Gasteiger partial charge >= 0.3 is 0 Å². The minimum atomic E-state index is -0.893. The van der Waals surface area contributed by atoms with Gasteiger partial charge in [-0.2, -0.15) is 0 Å². The molecule has 172 valence electrons. The van der Waals surface area contributed by atoms with Gasteiger partial charge in [0.2, 0.25) is 0 Å². The second kappa shape index (κ2) is 8.67. The Morgan fingerprint density at radius 2 is 1.58 bits per heavy atom. The predicted octanol–water partition coefficient (Wildman–Crippen LogP) is 3.59. The molecule has 1 amide bonds. The lowest BCUT2D eigenvalue weighted by atomic mass is 9.98.